The van der Waals surface area contributed by atoms with E-state index in [2.05, 4.69) is 11.9 Å². The molecule has 3 rings (SSSR count). The van der Waals surface area contributed by atoms with E-state index in [-0.39, 0.29) is 5.82 Å². The highest BCUT2D eigenvalue weighted by Gasteiger charge is 2.37. The molecule has 1 nitrogen and oxygen atoms in total. The van der Waals surface area contributed by atoms with Crippen molar-refractivity contribution in [2.24, 2.45) is 5.92 Å². The molecule has 15 heavy (non-hydrogen) atoms. The Labute approximate surface area is 89.9 Å². The van der Waals surface area contributed by atoms with E-state index >= 15 is 0 Å². The molecule has 1 fully saturated rings. The van der Waals surface area contributed by atoms with Crippen LogP contribution in [0.2, 0.25) is 0 Å². The predicted molar refractivity (Wildman–Crippen MR) is 58.2 cm³/mol. The standard InChI is InChI=1S/C13H16FN/c1-15-6-2-3-10-7-9-4-5-11(14)8-12(9)13(10)15/h4-5,8,10,13H,2-3,6-7H2,1H3. The number of hydrogen-bond acceptors (Lipinski definition) is 1. The number of hydrogen-bond donors (Lipinski definition) is 0. The second-order valence-corrected chi connectivity index (χ2v) is 4.88. The van der Waals surface area contributed by atoms with Crippen LogP contribution in [0.3, 0.4) is 0 Å². The van der Waals surface area contributed by atoms with Gasteiger partial charge in [-0.1, -0.05) is 6.07 Å². The Morgan fingerprint density at radius 1 is 1.40 bits per heavy atom. The largest absolute Gasteiger partial charge is 0.299 e. The zero-order valence-corrected chi connectivity index (χ0v) is 9.04. The smallest absolute Gasteiger partial charge is 0.123 e. The Balaban J connectivity index is 2.04. The van der Waals surface area contributed by atoms with Crippen LogP contribution in [0.4, 0.5) is 4.39 Å². The van der Waals surface area contributed by atoms with E-state index < -0.39 is 0 Å². The van der Waals surface area contributed by atoms with Gasteiger partial charge in [-0.2, -0.15) is 0 Å². The van der Waals surface area contributed by atoms with Gasteiger partial charge in [-0.15, -0.1) is 0 Å². The van der Waals surface area contributed by atoms with Crippen molar-refractivity contribution in [3.63, 3.8) is 0 Å². The van der Waals surface area contributed by atoms with Crippen LogP contribution in [0.15, 0.2) is 18.2 Å². The van der Waals surface area contributed by atoms with Crippen LogP contribution in [-0.4, -0.2) is 18.5 Å². The fraction of sp³-hybridized carbons (Fsp3) is 0.538. The Hall–Kier alpha value is -0.890. The second-order valence-electron chi connectivity index (χ2n) is 4.88. The summed E-state index contributed by atoms with van der Waals surface area (Å²) in [5.74, 6) is 0.633. The molecule has 1 aliphatic carbocycles. The van der Waals surface area contributed by atoms with Crippen molar-refractivity contribution in [1.29, 1.82) is 0 Å². The Morgan fingerprint density at radius 2 is 2.27 bits per heavy atom. The number of halogens is 1. The maximum Gasteiger partial charge on any atom is 0.123 e. The van der Waals surface area contributed by atoms with Crippen molar-refractivity contribution in [3.8, 4) is 0 Å². The second kappa shape index (κ2) is 3.31. The van der Waals surface area contributed by atoms with Crippen LogP contribution in [-0.2, 0) is 6.42 Å². The SMILES string of the molecule is CN1CCCC2Cc3ccc(F)cc3C21. The molecule has 2 unspecified atom stereocenters. The van der Waals surface area contributed by atoms with Crippen LogP contribution in [0, 0.1) is 11.7 Å². The molecule has 0 saturated carbocycles. The molecule has 0 aromatic heterocycles. The van der Waals surface area contributed by atoms with Crippen LogP contribution in [0.5, 0.6) is 0 Å². The molecule has 0 N–H and O–H groups in total. The normalized spacial score (nSPS) is 30.0. The van der Waals surface area contributed by atoms with E-state index in [0.29, 0.717) is 6.04 Å². The predicted octanol–water partition coefficient (Wildman–Crippen LogP) is 2.76. The third kappa shape index (κ3) is 1.39. The Morgan fingerprint density at radius 3 is 3.13 bits per heavy atom. The molecule has 1 aromatic rings. The fourth-order valence-corrected chi connectivity index (χ4v) is 3.27. The van der Waals surface area contributed by atoms with E-state index in [1.807, 2.05) is 6.07 Å². The average Bonchev–Trinajstić information content (AvgIpc) is 2.57. The number of likely N-dealkylation sites (tertiary alicyclic amines) is 1. The lowest BCUT2D eigenvalue weighted by Crippen LogP contribution is -2.33. The van der Waals surface area contributed by atoms with E-state index in [1.54, 1.807) is 12.1 Å². The summed E-state index contributed by atoms with van der Waals surface area (Å²) in [5.41, 5.74) is 2.60. The first-order valence-corrected chi connectivity index (χ1v) is 5.74. The zero-order valence-electron chi connectivity index (χ0n) is 9.04. The fourth-order valence-electron chi connectivity index (χ4n) is 3.27. The summed E-state index contributed by atoms with van der Waals surface area (Å²) in [6.07, 6.45) is 3.73. The number of rotatable bonds is 0. The van der Waals surface area contributed by atoms with Gasteiger partial charge in [-0.05, 0) is 62.0 Å². The van der Waals surface area contributed by atoms with Crippen LogP contribution in [0.1, 0.15) is 30.0 Å². The molecule has 1 saturated heterocycles. The summed E-state index contributed by atoms with van der Waals surface area (Å²) >= 11 is 0. The van der Waals surface area contributed by atoms with Crippen molar-refractivity contribution >= 4 is 0 Å². The van der Waals surface area contributed by atoms with E-state index in [4.69, 9.17) is 0 Å². The highest BCUT2D eigenvalue weighted by molar-refractivity contribution is 5.36. The highest BCUT2D eigenvalue weighted by Crippen LogP contribution is 2.44. The van der Waals surface area contributed by atoms with Crippen LogP contribution in [0.25, 0.3) is 0 Å². The van der Waals surface area contributed by atoms with Gasteiger partial charge in [0.1, 0.15) is 5.82 Å². The van der Waals surface area contributed by atoms with Crippen LogP contribution >= 0.6 is 0 Å². The molecule has 0 radical (unpaired) electrons. The van der Waals surface area contributed by atoms with Gasteiger partial charge in [0.15, 0.2) is 0 Å². The molecule has 2 heteroatoms. The quantitative estimate of drug-likeness (QED) is 0.629. The zero-order chi connectivity index (χ0) is 10.4. The van der Waals surface area contributed by atoms with Gasteiger partial charge in [0.25, 0.3) is 0 Å². The Kier molecular flexibility index (Phi) is 2.06. The van der Waals surface area contributed by atoms with Gasteiger partial charge in [0.05, 0.1) is 0 Å². The maximum absolute atomic E-state index is 13.2. The van der Waals surface area contributed by atoms with Gasteiger partial charge in [0, 0.05) is 6.04 Å². The van der Waals surface area contributed by atoms with Gasteiger partial charge < -0.3 is 0 Å². The molecule has 1 heterocycles. The molecule has 1 aliphatic heterocycles. The van der Waals surface area contributed by atoms with E-state index in [1.165, 1.54) is 24.0 Å². The van der Waals surface area contributed by atoms with Gasteiger partial charge in [0.2, 0.25) is 0 Å². The van der Waals surface area contributed by atoms with Crippen molar-refractivity contribution in [1.82, 2.24) is 4.90 Å². The monoisotopic (exact) mass is 205 g/mol. The third-order valence-corrected chi connectivity index (χ3v) is 3.92. The lowest BCUT2D eigenvalue weighted by atomic mass is 9.90. The lowest BCUT2D eigenvalue weighted by Gasteiger charge is -2.35. The first-order valence-electron chi connectivity index (χ1n) is 5.74. The van der Waals surface area contributed by atoms with E-state index in [0.717, 1.165) is 18.9 Å². The number of nitrogens with zero attached hydrogens (tertiary/aromatic N) is 1. The maximum atomic E-state index is 13.2. The molecule has 1 aromatic carbocycles. The topological polar surface area (TPSA) is 3.24 Å². The number of piperidine rings is 1. The Bertz CT molecular complexity index is 388. The van der Waals surface area contributed by atoms with Crippen molar-refractivity contribution < 1.29 is 4.39 Å². The summed E-state index contributed by atoms with van der Waals surface area (Å²) < 4.78 is 13.2. The summed E-state index contributed by atoms with van der Waals surface area (Å²) in [7, 11) is 2.16. The minimum absolute atomic E-state index is 0.0895. The highest BCUT2D eigenvalue weighted by atomic mass is 19.1. The van der Waals surface area contributed by atoms with Gasteiger partial charge in [-0.25, -0.2) is 4.39 Å². The van der Waals surface area contributed by atoms with Gasteiger partial charge in [-0.3, -0.25) is 4.90 Å². The minimum Gasteiger partial charge on any atom is -0.299 e. The van der Waals surface area contributed by atoms with Crippen LogP contribution < -0.4 is 0 Å². The molecule has 0 spiro atoms. The molecule has 2 atom stereocenters. The molecular formula is C13H16FN. The average molecular weight is 205 g/mol. The number of fused-ring (bicyclic) bond motifs is 3. The van der Waals surface area contributed by atoms with E-state index in [9.17, 15) is 4.39 Å². The lowest BCUT2D eigenvalue weighted by molar-refractivity contribution is 0.135. The summed E-state index contributed by atoms with van der Waals surface area (Å²) in [5, 5.41) is 0. The first-order chi connectivity index (χ1) is 7.25. The molecule has 0 amide bonds. The summed E-state index contributed by atoms with van der Waals surface area (Å²) in [6.45, 7) is 1.15. The molecule has 80 valence electrons. The third-order valence-electron chi connectivity index (χ3n) is 3.92. The molecule has 0 bridgehead atoms. The van der Waals surface area contributed by atoms with Crippen molar-refractivity contribution in [2.75, 3.05) is 13.6 Å². The number of benzene rings is 1. The van der Waals surface area contributed by atoms with Gasteiger partial charge >= 0.3 is 0 Å². The first kappa shape index (κ1) is 9.34. The minimum atomic E-state index is -0.0895. The molecular weight excluding hydrogens is 189 g/mol. The van der Waals surface area contributed by atoms with Crippen molar-refractivity contribution in [3.05, 3.63) is 35.1 Å². The summed E-state index contributed by atoms with van der Waals surface area (Å²) in [4.78, 5) is 2.39. The van der Waals surface area contributed by atoms with Crippen molar-refractivity contribution in [2.45, 2.75) is 25.3 Å². The summed E-state index contributed by atoms with van der Waals surface area (Å²) in [6, 6.07) is 5.78. The molecule has 2 aliphatic rings.